The van der Waals surface area contributed by atoms with Crippen LogP contribution in [0.2, 0.25) is 0 Å². The highest BCUT2D eigenvalue weighted by Crippen LogP contribution is 2.30. The van der Waals surface area contributed by atoms with Gasteiger partial charge in [0.25, 0.3) is 0 Å². The second kappa shape index (κ2) is 5.69. The van der Waals surface area contributed by atoms with Crippen LogP contribution in [-0.2, 0) is 0 Å². The molecule has 0 bridgehead atoms. The molecular formula is C15H16FNO3. The van der Waals surface area contributed by atoms with Gasteiger partial charge >= 0.3 is 0 Å². The lowest BCUT2D eigenvalue weighted by atomic mass is 10.1. The fourth-order valence-electron chi connectivity index (χ4n) is 1.89. The average molecular weight is 277 g/mol. The first-order chi connectivity index (χ1) is 9.51. The van der Waals surface area contributed by atoms with Gasteiger partial charge < -0.3 is 20.3 Å². The summed E-state index contributed by atoms with van der Waals surface area (Å²) in [6.45, 7) is 1.90. The lowest BCUT2D eigenvalue weighted by Crippen LogP contribution is -2.07. The second-order valence-electron chi connectivity index (χ2n) is 4.46. The van der Waals surface area contributed by atoms with Crippen LogP contribution in [-0.4, -0.2) is 17.3 Å². The lowest BCUT2D eigenvalue weighted by molar-refractivity contribution is 0.373. The first-order valence-corrected chi connectivity index (χ1v) is 6.13. The number of hydrogen-bond acceptors (Lipinski definition) is 4. The Labute approximate surface area is 116 Å². The van der Waals surface area contributed by atoms with Gasteiger partial charge in [-0.1, -0.05) is 6.07 Å². The molecule has 0 heterocycles. The van der Waals surface area contributed by atoms with Gasteiger partial charge in [-0.25, -0.2) is 4.39 Å². The Morgan fingerprint density at radius 2 is 1.80 bits per heavy atom. The van der Waals surface area contributed by atoms with E-state index < -0.39 is 5.82 Å². The minimum Gasteiger partial charge on any atom is -0.505 e. The van der Waals surface area contributed by atoms with Crippen molar-refractivity contribution in [3.05, 3.63) is 47.8 Å². The fourth-order valence-corrected chi connectivity index (χ4v) is 1.89. The largest absolute Gasteiger partial charge is 0.505 e. The van der Waals surface area contributed by atoms with Crippen LogP contribution in [0.5, 0.6) is 17.2 Å². The summed E-state index contributed by atoms with van der Waals surface area (Å²) in [4.78, 5) is 0. The van der Waals surface area contributed by atoms with Gasteiger partial charge in [0.05, 0.1) is 7.11 Å². The molecule has 0 aliphatic heterocycles. The van der Waals surface area contributed by atoms with E-state index in [0.717, 1.165) is 5.56 Å². The molecule has 1 unspecified atom stereocenters. The van der Waals surface area contributed by atoms with Gasteiger partial charge in [0, 0.05) is 17.8 Å². The van der Waals surface area contributed by atoms with Crippen molar-refractivity contribution >= 4 is 5.69 Å². The highest BCUT2D eigenvalue weighted by molar-refractivity contribution is 5.50. The monoisotopic (exact) mass is 277 g/mol. The predicted molar refractivity (Wildman–Crippen MR) is 74.8 cm³/mol. The quantitative estimate of drug-likeness (QED) is 0.749. The fraction of sp³-hybridized carbons (Fsp3) is 0.200. The van der Waals surface area contributed by atoms with Crippen molar-refractivity contribution < 1.29 is 19.3 Å². The molecule has 2 aromatic rings. The SMILES string of the molecule is COc1cc(C(C)Nc2ccc(O)c(F)c2)ccc1O. The minimum absolute atomic E-state index is 0.0686. The van der Waals surface area contributed by atoms with Crippen LogP contribution in [0.3, 0.4) is 0 Å². The smallest absolute Gasteiger partial charge is 0.166 e. The third-order valence-electron chi connectivity index (χ3n) is 3.03. The van der Waals surface area contributed by atoms with E-state index in [0.29, 0.717) is 11.4 Å². The Bertz CT molecular complexity index is 616. The maximum absolute atomic E-state index is 13.3. The van der Waals surface area contributed by atoms with E-state index in [-0.39, 0.29) is 17.5 Å². The zero-order chi connectivity index (χ0) is 14.7. The van der Waals surface area contributed by atoms with Crippen LogP contribution in [0.15, 0.2) is 36.4 Å². The van der Waals surface area contributed by atoms with Crippen LogP contribution in [0.1, 0.15) is 18.5 Å². The number of ether oxygens (including phenoxy) is 1. The number of rotatable bonds is 4. The van der Waals surface area contributed by atoms with Gasteiger partial charge in [-0.2, -0.15) is 0 Å². The molecule has 20 heavy (non-hydrogen) atoms. The van der Waals surface area contributed by atoms with E-state index in [1.54, 1.807) is 24.3 Å². The van der Waals surface area contributed by atoms with Crippen LogP contribution < -0.4 is 10.1 Å². The molecule has 3 N–H and O–H groups in total. The molecule has 5 heteroatoms. The van der Waals surface area contributed by atoms with Crippen molar-refractivity contribution in [3.8, 4) is 17.2 Å². The highest BCUT2D eigenvalue weighted by Gasteiger charge is 2.10. The molecule has 0 saturated heterocycles. The minimum atomic E-state index is -0.675. The molecule has 2 aromatic carbocycles. The second-order valence-corrected chi connectivity index (χ2v) is 4.46. The Morgan fingerprint density at radius 3 is 2.45 bits per heavy atom. The van der Waals surface area contributed by atoms with Gasteiger partial charge in [-0.15, -0.1) is 0 Å². The van der Waals surface area contributed by atoms with Crippen molar-refractivity contribution in [2.75, 3.05) is 12.4 Å². The molecular weight excluding hydrogens is 261 g/mol. The third-order valence-corrected chi connectivity index (χ3v) is 3.03. The first-order valence-electron chi connectivity index (χ1n) is 6.13. The van der Waals surface area contributed by atoms with Crippen LogP contribution in [0, 0.1) is 5.82 Å². The average Bonchev–Trinajstić information content (AvgIpc) is 2.43. The summed E-state index contributed by atoms with van der Waals surface area (Å²) in [6.07, 6.45) is 0. The number of anilines is 1. The Balaban J connectivity index is 2.19. The normalized spacial score (nSPS) is 11.9. The molecule has 4 nitrogen and oxygen atoms in total. The van der Waals surface area contributed by atoms with E-state index in [9.17, 15) is 9.50 Å². The van der Waals surface area contributed by atoms with Crippen molar-refractivity contribution in [1.29, 1.82) is 0 Å². The molecule has 0 aromatic heterocycles. The summed E-state index contributed by atoms with van der Waals surface area (Å²) in [5.74, 6) is -0.604. The summed E-state index contributed by atoms with van der Waals surface area (Å²) in [5, 5.41) is 21.8. The van der Waals surface area contributed by atoms with Crippen molar-refractivity contribution in [2.45, 2.75) is 13.0 Å². The number of aromatic hydroxyl groups is 2. The Morgan fingerprint density at radius 1 is 1.10 bits per heavy atom. The molecule has 0 aliphatic carbocycles. The molecule has 0 radical (unpaired) electrons. The molecule has 0 fully saturated rings. The van der Waals surface area contributed by atoms with Crippen LogP contribution in [0.25, 0.3) is 0 Å². The van der Waals surface area contributed by atoms with Gasteiger partial charge in [0.2, 0.25) is 0 Å². The van der Waals surface area contributed by atoms with E-state index >= 15 is 0 Å². The maximum Gasteiger partial charge on any atom is 0.166 e. The lowest BCUT2D eigenvalue weighted by Gasteiger charge is -2.17. The Hall–Kier alpha value is -2.43. The maximum atomic E-state index is 13.3. The number of hydrogen-bond donors (Lipinski definition) is 3. The Kier molecular flexibility index (Phi) is 3.98. The number of halogens is 1. The molecule has 1 atom stereocenters. The van der Waals surface area contributed by atoms with E-state index in [2.05, 4.69) is 5.32 Å². The number of benzene rings is 2. The summed E-state index contributed by atoms with van der Waals surface area (Å²) in [6, 6.07) is 9.01. The standard InChI is InChI=1S/C15H16FNO3/c1-9(10-3-5-14(19)15(7-10)20-2)17-11-4-6-13(18)12(16)8-11/h3-9,17-19H,1-2H3. The molecule has 0 amide bonds. The molecule has 0 aliphatic rings. The number of phenols is 2. The van der Waals surface area contributed by atoms with Gasteiger partial charge in [0.1, 0.15) is 0 Å². The van der Waals surface area contributed by atoms with Gasteiger partial charge in [0.15, 0.2) is 23.1 Å². The summed E-state index contributed by atoms with van der Waals surface area (Å²) < 4.78 is 18.3. The zero-order valence-corrected chi connectivity index (χ0v) is 11.2. The van der Waals surface area contributed by atoms with Gasteiger partial charge in [-0.05, 0) is 36.8 Å². The first kappa shape index (κ1) is 14.0. The molecule has 106 valence electrons. The highest BCUT2D eigenvalue weighted by atomic mass is 19.1. The molecule has 2 rings (SSSR count). The zero-order valence-electron chi connectivity index (χ0n) is 11.2. The number of phenolic OH excluding ortho intramolecular Hbond substituents is 2. The third kappa shape index (κ3) is 2.93. The van der Waals surface area contributed by atoms with Crippen LogP contribution in [0.4, 0.5) is 10.1 Å². The summed E-state index contributed by atoms with van der Waals surface area (Å²) >= 11 is 0. The summed E-state index contributed by atoms with van der Waals surface area (Å²) in [7, 11) is 1.48. The van der Waals surface area contributed by atoms with Gasteiger partial charge in [-0.3, -0.25) is 0 Å². The van der Waals surface area contributed by atoms with Crippen molar-refractivity contribution in [1.82, 2.24) is 0 Å². The van der Waals surface area contributed by atoms with Crippen molar-refractivity contribution in [2.24, 2.45) is 0 Å². The van der Waals surface area contributed by atoms with E-state index in [1.807, 2.05) is 6.92 Å². The van der Waals surface area contributed by atoms with E-state index in [1.165, 1.54) is 19.2 Å². The summed E-state index contributed by atoms with van der Waals surface area (Å²) in [5.41, 5.74) is 1.44. The van der Waals surface area contributed by atoms with Crippen molar-refractivity contribution in [3.63, 3.8) is 0 Å². The van der Waals surface area contributed by atoms with Crippen LogP contribution >= 0.6 is 0 Å². The number of nitrogens with one attached hydrogen (secondary N) is 1. The predicted octanol–water partition coefficient (Wildman–Crippen LogP) is 3.42. The number of methoxy groups -OCH3 is 1. The molecule has 0 saturated carbocycles. The van der Waals surface area contributed by atoms with E-state index in [4.69, 9.17) is 9.84 Å². The molecule has 0 spiro atoms. The topological polar surface area (TPSA) is 61.7 Å².